The number of anilines is 1. The molecule has 1 N–H and O–H groups in total. The summed E-state index contributed by atoms with van der Waals surface area (Å²) in [7, 11) is 3.41. The lowest BCUT2D eigenvalue weighted by Crippen LogP contribution is -2.16. The molecule has 9 heteroatoms. The topological polar surface area (TPSA) is 88.3 Å². The number of hydrogen-bond acceptors (Lipinski definition) is 7. The van der Waals surface area contributed by atoms with E-state index < -0.39 is 0 Å². The van der Waals surface area contributed by atoms with Crippen molar-refractivity contribution in [3.05, 3.63) is 58.6 Å². The number of carbonyl (C=O) groups is 2. The van der Waals surface area contributed by atoms with Crippen molar-refractivity contribution < 1.29 is 14.1 Å². The van der Waals surface area contributed by atoms with Gasteiger partial charge in [0.15, 0.2) is 0 Å². The van der Waals surface area contributed by atoms with Gasteiger partial charge in [0.1, 0.15) is 0 Å². The lowest BCUT2D eigenvalue weighted by Gasteiger charge is -2.10. The van der Waals surface area contributed by atoms with Crippen molar-refractivity contribution in [2.24, 2.45) is 0 Å². The number of carbonyl (C=O) groups excluding carboxylic acids is 2. The Balaban J connectivity index is 1.63. The average Bonchev–Trinajstić information content (AvgIpc) is 3.34. The minimum absolute atomic E-state index is 0.0600. The summed E-state index contributed by atoms with van der Waals surface area (Å²) in [5, 5.41) is 7.44. The van der Waals surface area contributed by atoms with E-state index in [2.05, 4.69) is 15.5 Å². The molecule has 4 aromatic rings. The van der Waals surface area contributed by atoms with Gasteiger partial charge in [-0.1, -0.05) is 5.16 Å². The van der Waals surface area contributed by atoms with Crippen LogP contribution in [0.1, 0.15) is 20.9 Å². The lowest BCUT2D eigenvalue weighted by atomic mass is 10.1. The predicted octanol–water partition coefficient (Wildman–Crippen LogP) is 5.59. The molecule has 0 fully saturated rings. The van der Waals surface area contributed by atoms with E-state index in [1.807, 2.05) is 19.1 Å². The first-order valence-electron chi connectivity index (χ1n) is 9.46. The Labute approximate surface area is 187 Å². The van der Waals surface area contributed by atoms with Crippen molar-refractivity contribution in [1.82, 2.24) is 15.0 Å². The molecule has 0 atom stereocenters. The first kappa shape index (κ1) is 21.1. The molecule has 0 aliphatic heterocycles. The lowest BCUT2D eigenvalue weighted by molar-refractivity contribution is 0.102. The molecule has 158 valence electrons. The third kappa shape index (κ3) is 4.47. The van der Waals surface area contributed by atoms with Crippen LogP contribution < -0.4 is 5.32 Å². The van der Waals surface area contributed by atoms with Gasteiger partial charge < -0.3 is 14.7 Å². The molecule has 3 aromatic heterocycles. The monoisotopic (exact) mass is 452 g/mol. The van der Waals surface area contributed by atoms with Crippen LogP contribution in [0.25, 0.3) is 21.7 Å². The zero-order valence-corrected chi connectivity index (χ0v) is 19.1. The number of amides is 2. The molecule has 0 aliphatic carbocycles. The van der Waals surface area contributed by atoms with Crippen molar-refractivity contribution in [2.75, 3.05) is 19.4 Å². The van der Waals surface area contributed by atoms with E-state index in [1.165, 1.54) is 4.90 Å². The van der Waals surface area contributed by atoms with Gasteiger partial charge in [0.2, 0.25) is 0 Å². The maximum atomic E-state index is 13.1. The highest BCUT2D eigenvalue weighted by Crippen LogP contribution is 2.31. The smallest absolute Gasteiger partial charge is 0.285 e. The molecular weight excluding hydrogens is 432 g/mol. The second kappa shape index (κ2) is 8.52. The standard InChI is InChI=1S/C22H20N4O3S2/c1-12-5-10-18(30-12)17-11-16(19-13(2)25-29-21(19)24-17)20(27)23-14-6-8-15(9-7-14)31-22(28)26(3)4/h5-11H,1-4H3,(H,23,27). The zero-order valence-electron chi connectivity index (χ0n) is 17.4. The van der Waals surface area contributed by atoms with Crippen molar-refractivity contribution >= 4 is 51.0 Å². The molecule has 4 rings (SSSR count). The SMILES string of the molecule is Cc1ccc(-c2cc(C(=O)Nc3ccc(SC(=O)N(C)C)cc3)c3c(C)noc3n2)s1. The van der Waals surface area contributed by atoms with Gasteiger partial charge in [-0.25, -0.2) is 4.98 Å². The van der Waals surface area contributed by atoms with Crippen molar-refractivity contribution in [2.45, 2.75) is 18.7 Å². The molecule has 0 bridgehead atoms. The van der Waals surface area contributed by atoms with Gasteiger partial charge in [-0.05, 0) is 68.1 Å². The molecule has 0 saturated carbocycles. The van der Waals surface area contributed by atoms with Crippen LogP contribution in [0.3, 0.4) is 0 Å². The minimum atomic E-state index is -0.280. The van der Waals surface area contributed by atoms with E-state index in [0.29, 0.717) is 33.7 Å². The average molecular weight is 453 g/mol. The summed E-state index contributed by atoms with van der Waals surface area (Å²) in [5.74, 6) is -0.280. The fourth-order valence-electron chi connectivity index (χ4n) is 2.97. The first-order valence-corrected chi connectivity index (χ1v) is 11.1. The number of aromatic nitrogens is 2. The Morgan fingerprint density at radius 1 is 1.10 bits per heavy atom. The summed E-state index contributed by atoms with van der Waals surface area (Å²) in [5.41, 5.74) is 2.68. The number of fused-ring (bicyclic) bond motifs is 1. The summed E-state index contributed by atoms with van der Waals surface area (Å²) in [6.07, 6.45) is 0. The zero-order chi connectivity index (χ0) is 22.1. The number of rotatable bonds is 4. The van der Waals surface area contributed by atoms with E-state index in [1.54, 1.807) is 62.7 Å². The van der Waals surface area contributed by atoms with E-state index >= 15 is 0 Å². The normalized spacial score (nSPS) is 11.0. The highest BCUT2D eigenvalue weighted by Gasteiger charge is 2.20. The Morgan fingerprint density at radius 2 is 1.84 bits per heavy atom. The van der Waals surface area contributed by atoms with E-state index in [-0.39, 0.29) is 11.1 Å². The summed E-state index contributed by atoms with van der Waals surface area (Å²) in [4.78, 5) is 34.0. The van der Waals surface area contributed by atoms with Crippen LogP contribution in [0, 0.1) is 13.8 Å². The number of pyridine rings is 1. The predicted molar refractivity (Wildman–Crippen MR) is 124 cm³/mol. The van der Waals surface area contributed by atoms with Gasteiger partial charge in [-0.15, -0.1) is 11.3 Å². The van der Waals surface area contributed by atoms with Crippen LogP contribution in [-0.4, -0.2) is 40.3 Å². The van der Waals surface area contributed by atoms with E-state index in [0.717, 1.165) is 26.4 Å². The van der Waals surface area contributed by atoms with Gasteiger partial charge in [0, 0.05) is 29.6 Å². The number of hydrogen-bond donors (Lipinski definition) is 1. The van der Waals surface area contributed by atoms with Crippen molar-refractivity contribution in [3.8, 4) is 10.6 Å². The van der Waals surface area contributed by atoms with Gasteiger partial charge in [0.05, 0.1) is 27.2 Å². The number of benzene rings is 1. The second-order valence-corrected chi connectivity index (χ2v) is 9.47. The molecule has 2 amide bonds. The Bertz CT molecular complexity index is 1280. The third-order valence-corrected chi connectivity index (χ3v) is 6.61. The Morgan fingerprint density at radius 3 is 2.48 bits per heavy atom. The number of nitrogens with zero attached hydrogens (tertiary/aromatic N) is 3. The van der Waals surface area contributed by atoms with Gasteiger partial charge in [0.25, 0.3) is 16.9 Å². The molecule has 0 unspecified atom stereocenters. The minimum Gasteiger partial charge on any atom is -0.339 e. The molecule has 3 heterocycles. The van der Waals surface area contributed by atoms with Gasteiger partial charge >= 0.3 is 0 Å². The molecule has 0 saturated heterocycles. The molecule has 0 aliphatic rings. The van der Waals surface area contributed by atoms with Gasteiger partial charge in [-0.2, -0.15) is 0 Å². The number of thiophene rings is 1. The first-order chi connectivity index (χ1) is 14.8. The molecule has 7 nitrogen and oxygen atoms in total. The highest BCUT2D eigenvalue weighted by molar-refractivity contribution is 8.13. The van der Waals surface area contributed by atoms with Crippen LogP contribution >= 0.6 is 23.1 Å². The molecule has 0 spiro atoms. The van der Waals surface area contributed by atoms with Crippen LogP contribution in [-0.2, 0) is 0 Å². The number of thioether (sulfide) groups is 1. The maximum absolute atomic E-state index is 13.1. The summed E-state index contributed by atoms with van der Waals surface area (Å²) < 4.78 is 5.36. The summed E-state index contributed by atoms with van der Waals surface area (Å²) in [6.45, 7) is 3.81. The molecule has 1 aromatic carbocycles. The van der Waals surface area contributed by atoms with Crippen molar-refractivity contribution in [1.29, 1.82) is 0 Å². The fourth-order valence-corrected chi connectivity index (χ4v) is 4.45. The summed E-state index contributed by atoms with van der Waals surface area (Å²) >= 11 is 2.73. The Hall–Kier alpha value is -3.17. The molecule has 31 heavy (non-hydrogen) atoms. The maximum Gasteiger partial charge on any atom is 0.285 e. The van der Waals surface area contributed by atoms with Crippen LogP contribution in [0.4, 0.5) is 10.5 Å². The largest absolute Gasteiger partial charge is 0.339 e. The number of aryl methyl sites for hydroxylation is 2. The van der Waals surface area contributed by atoms with E-state index in [9.17, 15) is 9.59 Å². The Kier molecular flexibility index (Phi) is 5.79. The van der Waals surface area contributed by atoms with E-state index in [4.69, 9.17) is 4.52 Å². The van der Waals surface area contributed by atoms with Gasteiger partial charge in [-0.3, -0.25) is 9.59 Å². The summed E-state index contributed by atoms with van der Waals surface area (Å²) in [6, 6.07) is 12.9. The number of nitrogens with one attached hydrogen (secondary N) is 1. The highest BCUT2D eigenvalue weighted by atomic mass is 32.2. The molecular formula is C22H20N4O3S2. The van der Waals surface area contributed by atoms with Crippen LogP contribution in [0.2, 0.25) is 0 Å². The quantitative estimate of drug-likeness (QED) is 0.406. The fraction of sp³-hybridized carbons (Fsp3) is 0.182. The van der Waals surface area contributed by atoms with Crippen molar-refractivity contribution in [3.63, 3.8) is 0 Å². The third-order valence-electron chi connectivity index (χ3n) is 4.54. The molecule has 0 radical (unpaired) electrons. The van der Waals surface area contributed by atoms with Crippen LogP contribution in [0.15, 0.2) is 51.9 Å². The second-order valence-electron chi connectivity index (χ2n) is 7.15. The van der Waals surface area contributed by atoms with Crippen LogP contribution in [0.5, 0.6) is 0 Å².